The zero-order valence-electron chi connectivity index (χ0n) is 16.1. The first-order valence-electron chi connectivity index (χ1n) is 9.63. The van der Waals surface area contributed by atoms with E-state index in [-0.39, 0.29) is 30.5 Å². The molecular formula is C20H22N4O3S2. The predicted molar refractivity (Wildman–Crippen MR) is 114 cm³/mol. The van der Waals surface area contributed by atoms with Crippen LogP contribution in [0.2, 0.25) is 0 Å². The highest BCUT2D eigenvalue weighted by Gasteiger charge is 2.22. The van der Waals surface area contributed by atoms with Crippen molar-refractivity contribution in [1.82, 2.24) is 19.8 Å². The van der Waals surface area contributed by atoms with E-state index in [1.54, 1.807) is 22.7 Å². The molecule has 7 nitrogen and oxygen atoms in total. The minimum atomic E-state index is -0.270. The van der Waals surface area contributed by atoms with Crippen molar-refractivity contribution >= 4 is 44.7 Å². The van der Waals surface area contributed by atoms with Crippen LogP contribution in [0, 0.1) is 0 Å². The molecule has 0 bridgehead atoms. The molecule has 4 rings (SSSR count). The fraction of sp³-hybridized carbons (Fsp3) is 0.400. The fourth-order valence-corrected chi connectivity index (χ4v) is 5.45. The van der Waals surface area contributed by atoms with Gasteiger partial charge in [-0.1, -0.05) is 6.07 Å². The Hall–Kier alpha value is -2.52. The van der Waals surface area contributed by atoms with Crippen molar-refractivity contribution in [3.05, 3.63) is 49.5 Å². The molecule has 3 aromatic heterocycles. The number of aryl methyl sites for hydroxylation is 2. The zero-order chi connectivity index (χ0) is 20.4. The van der Waals surface area contributed by atoms with Gasteiger partial charge in [-0.15, -0.1) is 22.7 Å². The van der Waals surface area contributed by atoms with Crippen LogP contribution in [-0.2, 0) is 35.5 Å². The third-order valence-electron chi connectivity index (χ3n) is 5.11. The molecule has 0 aromatic carbocycles. The van der Waals surface area contributed by atoms with E-state index in [0.29, 0.717) is 18.5 Å². The van der Waals surface area contributed by atoms with Gasteiger partial charge in [0.1, 0.15) is 11.4 Å². The van der Waals surface area contributed by atoms with Gasteiger partial charge in [-0.2, -0.15) is 0 Å². The topological polar surface area (TPSA) is 84.3 Å². The number of hydrogen-bond donors (Lipinski definition) is 1. The van der Waals surface area contributed by atoms with Crippen LogP contribution in [-0.4, -0.2) is 39.4 Å². The average Bonchev–Trinajstić information content (AvgIpc) is 3.43. The molecule has 1 aliphatic carbocycles. The van der Waals surface area contributed by atoms with E-state index in [1.807, 2.05) is 24.4 Å². The van der Waals surface area contributed by atoms with Crippen LogP contribution in [0.1, 0.15) is 28.7 Å². The molecule has 29 heavy (non-hydrogen) atoms. The first kappa shape index (κ1) is 19.8. The van der Waals surface area contributed by atoms with E-state index < -0.39 is 0 Å². The second-order valence-electron chi connectivity index (χ2n) is 6.98. The molecule has 2 amide bonds. The number of nitrogens with one attached hydrogen (secondary N) is 1. The van der Waals surface area contributed by atoms with Crippen molar-refractivity contribution in [3.8, 4) is 0 Å². The maximum absolute atomic E-state index is 12.9. The fourth-order valence-electron chi connectivity index (χ4n) is 3.58. The summed E-state index contributed by atoms with van der Waals surface area (Å²) in [6.45, 7) is 2.52. The van der Waals surface area contributed by atoms with Gasteiger partial charge in [0.05, 0.1) is 24.8 Å². The molecule has 152 valence electrons. The molecule has 3 aromatic rings. The largest absolute Gasteiger partial charge is 0.350 e. The van der Waals surface area contributed by atoms with E-state index in [1.165, 1.54) is 20.7 Å². The lowest BCUT2D eigenvalue weighted by Gasteiger charge is -2.20. The van der Waals surface area contributed by atoms with Crippen LogP contribution in [0.25, 0.3) is 10.2 Å². The Balaban J connectivity index is 1.44. The Morgan fingerprint density at radius 1 is 1.34 bits per heavy atom. The van der Waals surface area contributed by atoms with E-state index >= 15 is 0 Å². The molecular weight excluding hydrogens is 408 g/mol. The smallest absolute Gasteiger partial charge is 0.262 e. The lowest BCUT2D eigenvalue weighted by molar-refractivity contribution is -0.136. The van der Waals surface area contributed by atoms with Crippen molar-refractivity contribution < 1.29 is 9.59 Å². The summed E-state index contributed by atoms with van der Waals surface area (Å²) in [5.74, 6) is -0.487. The van der Waals surface area contributed by atoms with Gasteiger partial charge in [-0.25, -0.2) is 4.98 Å². The minimum Gasteiger partial charge on any atom is -0.350 e. The quantitative estimate of drug-likeness (QED) is 0.623. The second-order valence-corrected chi connectivity index (χ2v) is 9.09. The van der Waals surface area contributed by atoms with E-state index in [9.17, 15) is 14.4 Å². The highest BCUT2D eigenvalue weighted by Crippen LogP contribution is 2.34. The summed E-state index contributed by atoms with van der Waals surface area (Å²) in [5.41, 5.74) is 0.936. The number of thiophene rings is 2. The average molecular weight is 431 g/mol. The normalized spacial score (nSPS) is 12.9. The number of nitrogens with zero attached hydrogens (tertiary/aromatic N) is 3. The molecule has 0 fully saturated rings. The summed E-state index contributed by atoms with van der Waals surface area (Å²) < 4.78 is 1.36. The monoisotopic (exact) mass is 430 g/mol. The van der Waals surface area contributed by atoms with Crippen LogP contribution in [0.3, 0.4) is 0 Å². The third-order valence-corrected chi connectivity index (χ3v) is 7.18. The Labute approximate surface area is 176 Å². The summed E-state index contributed by atoms with van der Waals surface area (Å²) in [7, 11) is 0. The van der Waals surface area contributed by atoms with Crippen LogP contribution in [0.5, 0.6) is 0 Å². The van der Waals surface area contributed by atoms with E-state index in [0.717, 1.165) is 34.5 Å². The molecule has 0 spiro atoms. The number of fused-ring (bicyclic) bond motifs is 3. The molecule has 1 aliphatic rings. The molecule has 3 heterocycles. The van der Waals surface area contributed by atoms with Crippen molar-refractivity contribution in [3.63, 3.8) is 0 Å². The highest BCUT2D eigenvalue weighted by molar-refractivity contribution is 7.18. The SMILES string of the molecule is CCN(CC(=O)NCc1cccs1)C(=O)Cn1cnc2sc3c(c2c1=O)CCC3. The summed E-state index contributed by atoms with van der Waals surface area (Å²) >= 11 is 3.15. The Kier molecular flexibility index (Phi) is 5.77. The van der Waals surface area contributed by atoms with E-state index in [2.05, 4.69) is 10.3 Å². The lowest BCUT2D eigenvalue weighted by atomic mass is 10.2. The van der Waals surface area contributed by atoms with Crippen molar-refractivity contribution in [1.29, 1.82) is 0 Å². The van der Waals surface area contributed by atoms with Gasteiger partial charge in [0.15, 0.2) is 0 Å². The maximum atomic E-state index is 12.9. The van der Waals surface area contributed by atoms with Gasteiger partial charge in [0.2, 0.25) is 11.8 Å². The Bertz CT molecular complexity index is 1100. The first-order valence-corrected chi connectivity index (χ1v) is 11.3. The number of rotatable bonds is 7. The number of carbonyl (C=O) groups excluding carboxylic acids is 2. The number of carbonyl (C=O) groups is 2. The van der Waals surface area contributed by atoms with Gasteiger partial charge < -0.3 is 10.2 Å². The van der Waals surface area contributed by atoms with Crippen LogP contribution < -0.4 is 10.9 Å². The van der Waals surface area contributed by atoms with Crippen molar-refractivity contribution in [2.75, 3.05) is 13.1 Å². The van der Waals surface area contributed by atoms with Gasteiger partial charge in [-0.3, -0.25) is 19.0 Å². The number of amides is 2. The lowest BCUT2D eigenvalue weighted by Crippen LogP contribution is -2.42. The number of likely N-dealkylation sites (N-methyl/N-ethyl adjacent to an activating group) is 1. The molecule has 0 aliphatic heterocycles. The molecule has 0 unspecified atom stereocenters. The van der Waals surface area contributed by atoms with Crippen molar-refractivity contribution in [2.45, 2.75) is 39.3 Å². The maximum Gasteiger partial charge on any atom is 0.262 e. The Morgan fingerprint density at radius 2 is 2.21 bits per heavy atom. The number of aromatic nitrogens is 2. The van der Waals surface area contributed by atoms with E-state index in [4.69, 9.17) is 0 Å². The summed E-state index contributed by atoms with van der Waals surface area (Å²) in [6.07, 6.45) is 4.40. The molecule has 0 saturated carbocycles. The summed E-state index contributed by atoms with van der Waals surface area (Å²) in [6, 6.07) is 3.88. The first-order chi connectivity index (χ1) is 14.1. The molecule has 0 radical (unpaired) electrons. The van der Waals surface area contributed by atoms with Gasteiger partial charge >= 0.3 is 0 Å². The third kappa shape index (κ3) is 4.11. The van der Waals surface area contributed by atoms with Gasteiger partial charge in [0.25, 0.3) is 5.56 Å². The predicted octanol–water partition coefficient (Wildman–Crippen LogP) is 2.17. The molecule has 0 saturated heterocycles. The summed E-state index contributed by atoms with van der Waals surface area (Å²) in [5, 5.41) is 5.44. The van der Waals surface area contributed by atoms with Crippen LogP contribution in [0.4, 0.5) is 0 Å². The van der Waals surface area contributed by atoms with Crippen LogP contribution >= 0.6 is 22.7 Å². The zero-order valence-corrected chi connectivity index (χ0v) is 17.8. The van der Waals surface area contributed by atoms with Crippen molar-refractivity contribution in [2.24, 2.45) is 0 Å². The van der Waals surface area contributed by atoms with Crippen LogP contribution in [0.15, 0.2) is 28.6 Å². The second kappa shape index (κ2) is 8.46. The molecule has 1 N–H and O–H groups in total. The highest BCUT2D eigenvalue weighted by atomic mass is 32.1. The standard InChI is InChI=1S/C20H22N4O3S2/c1-2-23(10-16(25)21-9-13-5-4-8-28-13)17(26)11-24-12-22-19-18(20(24)27)14-6-3-7-15(14)29-19/h4-5,8,12H,2-3,6-7,9-11H2,1H3,(H,21,25). The number of hydrogen-bond acceptors (Lipinski definition) is 6. The summed E-state index contributed by atoms with van der Waals surface area (Å²) in [4.78, 5) is 46.8. The van der Waals surface area contributed by atoms with Gasteiger partial charge in [-0.05, 0) is 43.2 Å². The van der Waals surface area contributed by atoms with Gasteiger partial charge in [0, 0.05) is 16.3 Å². The molecule has 0 atom stereocenters. The molecule has 9 heteroatoms. The minimum absolute atomic E-state index is 0.0288. The Morgan fingerprint density at radius 3 is 2.97 bits per heavy atom.